The zero-order valence-electron chi connectivity index (χ0n) is 28.5. The third kappa shape index (κ3) is 9.77. The Morgan fingerprint density at radius 2 is 1.56 bits per heavy atom. The largest absolute Gasteiger partial charge is 0.463 e. The van der Waals surface area contributed by atoms with Crippen LogP contribution in [0.2, 0.25) is 0 Å². The van der Waals surface area contributed by atoms with Gasteiger partial charge in [0.05, 0.1) is 23.4 Å². The van der Waals surface area contributed by atoms with Gasteiger partial charge in [-0.2, -0.15) is 0 Å². The lowest BCUT2D eigenvalue weighted by Crippen LogP contribution is -2.49. The van der Waals surface area contributed by atoms with Crippen LogP contribution in [0.4, 0.5) is 11.4 Å². The van der Waals surface area contributed by atoms with Gasteiger partial charge in [-0.3, -0.25) is 19.2 Å². The molecule has 2 fully saturated rings. The summed E-state index contributed by atoms with van der Waals surface area (Å²) in [6.07, 6.45) is 3.14. The van der Waals surface area contributed by atoms with Gasteiger partial charge in [0.1, 0.15) is 0 Å². The Morgan fingerprint density at radius 1 is 0.875 bits per heavy atom. The molecule has 0 aromatic heterocycles. The first-order valence-corrected chi connectivity index (χ1v) is 18.3. The Kier molecular flexibility index (Phi) is 13.4. The topological polar surface area (TPSA) is 128 Å². The molecule has 48 heavy (non-hydrogen) atoms. The molecular formula is C36H49N5O6S. The van der Waals surface area contributed by atoms with E-state index in [0.717, 1.165) is 75.0 Å². The van der Waals surface area contributed by atoms with E-state index in [4.69, 9.17) is 0 Å². The van der Waals surface area contributed by atoms with E-state index in [0.29, 0.717) is 36.8 Å². The van der Waals surface area contributed by atoms with Crippen molar-refractivity contribution in [3.63, 3.8) is 0 Å². The smallest absolute Gasteiger partial charge is 0.374 e. The molecule has 0 unspecified atom stereocenters. The van der Waals surface area contributed by atoms with Gasteiger partial charge in [-0.25, -0.2) is 13.2 Å². The van der Waals surface area contributed by atoms with Crippen LogP contribution in [0.5, 0.6) is 0 Å². The molecule has 0 spiro atoms. The molecule has 260 valence electrons. The Balaban J connectivity index is 0.000000408. The maximum absolute atomic E-state index is 13.6. The number of carbonyl (C=O) groups excluding carboxylic acids is 3. The number of fused-ring (bicyclic) bond motifs is 1. The number of amides is 1. The number of Topliss-reactive ketones (excluding diaryl/α,β-unsaturated/α-hetero) is 1. The number of piperazine rings is 2. The number of rotatable bonds is 11. The van der Waals surface area contributed by atoms with Gasteiger partial charge >= 0.3 is 5.97 Å². The summed E-state index contributed by atoms with van der Waals surface area (Å²) in [4.78, 5) is 41.2. The van der Waals surface area contributed by atoms with Gasteiger partial charge in [-0.1, -0.05) is 50.1 Å². The molecule has 2 saturated heterocycles. The van der Waals surface area contributed by atoms with Gasteiger partial charge in [-0.05, 0) is 61.4 Å². The number of esters is 1. The summed E-state index contributed by atoms with van der Waals surface area (Å²) in [7, 11) is -2.66. The van der Waals surface area contributed by atoms with Gasteiger partial charge in [0.25, 0.3) is 15.9 Å². The Morgan fingerprint density at radius 3 is 2.21 bits per heavy atom. The molecule has 2 heterocycles. The van der Waals surface area contributed by atoms with Crippen LogP contribution >= 0.6 is 0 Å². The fourth-order valence-corrected chi connectivity index (χ4v) is 6.95. The minimum atomic E-state index is -3.88. The normalized spacial score (nSPS) is 15.5. The zero-order chi connectivity index (χ0) is 34.7. The van der Waals surface area contributed by atoms with Gasteiger partial charge in [0.2, 0.25) is 5.78 Å². The van der Waals surface area contributed by atoms with E-state index in [1.807, 2.05) is 54.3 Å². The number of ether oxygens (including phenoxy) is 1. The van der Waals surface area contributed by atoms with E-state index in [2.05, 4.69) is 38.4 Å². The predicted molar refractivity (Wildman–Crippen MR) is 190 cm³/mol. The molecule has 1 amide bonds. The molecule has 2 aliphatic heterocycles. The maximum Gasteiger partial charge on any atom is 0.374 e. The number of nitrogens with zero attached hydrogens (tertiary/aromatic N) is 3. The van der Waals surface area contributed by atoms with Crippen LogP contribution in [0.15, 0.2) is 65.6 Å². The van der Waals surface area contributed by atoms with Crippen molar-refractivity contribution in [2.24, 2.45) is 0 Å². The minimum Gasteiger partial charge on any atom is -0.463 e. The predicted octanol–water partition coefficient (Wildman–Crippen LogP) is 4.53. The monoisotopic (exact) mass is 679 g/mol. The lowest BCUT2D eigenvalue weighted by atomic mass is 10.1. The number of anilines is 2. The van der Waals surface area contributed by atoms with Crippen molar-refractivity contribution >= 4 is 49.8 Å². The van der Waals surface area contributed by atoms with Crippen molar-refractivity contribution in [1.82, 2.24) is 15.1 Å². The van der Waals surface area contributed by atoms with Gasteiger partial charge < -0.3 is 19.9 Å². The Bertz CT molecular complexity index is 1660. The van der Waals surface area contributed by atoms with Crippen molar-refractivity contribution in [1.29, 1.82) is 0 Å². The average molecular weight is 680 g/mol. The van der Waals surface area contributed by atoms with E-state index >= 15 is 0 Å². The number of hydrogen-bond acceptors (Lipinski definition) is 9. The molecule has 0 radical (unpaired) electrons. The fourth-order valence-electron chi connectivity index (χ4n) is 5.85. The average Bonchev–Trinajstić information content (AvgIpc) is 3.11. The number of hydrogen-bond donors (Lipinski definition) is 2. The first kappa shape index (κ1) is 36.8. The van der Waals surface area contributed by atoms with E-state index in [-0.39, 0.29) is 10.8 Å². The first-order valence-electron chi connectivity index (χ1n) is 16.8. The quantitative estimate of drug-likeness (QED) is 0.171. The molecule has 12 heteroatoms. The van der Waals surface area contributed by atoms with Gasteiger partial charge in [0.15, 0.2) is 0 Å². The molecule has 3 aromatic carbocycles. The Labute approximate surface area is 284 Å². The number of nitrogens with one attached hydrogen (secondary N) is 2. The van der Waals surface area contributed by atoms with Crippen LogP contribution in [0.3, 0.4) is 0 Å². The summed E-state index contributed by atoms with van der Waals surface area (Å²) in [6, 6.07) is 18.7. The van der Waals surface area contributed by atoms with Crippen LogP contribution in [0.25, 0.3) is 10.8 Å². The second-order valence-corrected chi connectivity index (χ2v) is 14.1. The van der Waals surface area contributed by atoms with Crippen molar-refractivity contribution in [2.45, 2.75) is 57.4 Å². The molecule has 11 nitrogen and oxygen atoms in total. The summed E-state index contributed by atoms with van der Waals surface area (Å²) >= 11 is 0. The number of methoxy groups -OCH3 is 1. The number of sulfonamides is 1. The fraction of sp³-hybridized carbons (Fsp3) is 0.472. The standard InChI is InChI=1S/C28H35N5O3S.C8H14O3/c1-21(2)31-15-17-32(18-16-31)27-10-8-24(28(34)33-13-11-29-12-14-33)20-26(27)30-37(35,36)25-9-7-22-5-3-4-6-23(22)19-25;1-3-4-5-6-7(9)8(10)11-2/h3-10,19-21,29-30H,11-18H2,1-2H3;3-6H2,1-2H3. The lowest BCUT2D eigenvalue weighted by Gasteiger charge is -2.39. The Hall–Kier alpha value is -4.00. The highest BCUT2D eigenvalue weighted by Gasteiger charge is 2.26. The number of unbranched alkanes of at least 4 members (excludes halogenated alkanes) is 2. The molecule has 0 atom stereocenters. The van der Waals surface area contributed by atoms with Crippen LogP contribution in [-0.2, 0) is 24.3 Å². The van der Waals surface area contributed by atoms with Crippen molar-refractivity contribution in [2.75, 3.05) is 69.1 Å². The van der Waals surface area contributed by atoms with Crippen molar-refractivity contribution in [3.8, 4) is 0 Å². The molecule has 2 N–H and O–H groups in total. The minimum absolute atomic E-state index is 0.0798. The van der Waals surface area contributed by atoms with E-state index < -0.39 is 21.8 Å². The molecule has 0 aliphatic carbocycles. The van der Waals surface area contributed by atoms with E-state index in [1.54, 1.807) is 18.2 Å². The molecule has 3 aromatic rings. The molecule has 5 rings (SSSR count). The first-order chi connectivity index (χ1) is 23.0. The summed E-state index contributed by atoms with van der Waals surface area (Å²) in [5.74, 6) is -1.22. The van der Waals surface area contributed by atoms with Crippen LogP contribution in [0, 0.1) is 0 Å². The van der Waals surface area contributed by atoms with Gasteiger partial charge in [-0.15, -0.1) is 0 Å². The van der Waals surface area contributed by atoms with E-state index in [1.165, 1.54) is 7.11 Å². The third-order valence-corrected chi connectivity index (χ3v) is 10.1. The third-order valence-electron chi connectivity index (χ3n) is 8.73. The van der Waals surface area contributed by atoms with E-state index in [9.17, 15) is 22.8 Å². The second kappa shape index (κ2) is 17.4. The second-order valence-electron chi connectivity index (χ2n) is 12.4. The molecule has 2 aliphatic rings. The maximum atomic E-state index is 13.6. The van der Waals surface area contributed by atoms with Crippen molar-refractivity contribution in [3.05, 3.63) is 66.2 Å². The molecule has 0 saturated carbocycles. The number of benzene rings is 3. The molecular weight excluding hydrogens is 630 g/mol. The van der Waals surface area contributed by atoms with Crippen molar-refractivity contribution < 1.29 is 27.5 Å². The summed E-state index contributed by atoms with van der Waals surface area (Å²) < 4.78 is 34.2. The molecule has 0 bridgehead atoms. The van der Waals surface area contributed by atoms with Gasteiger partial charge in [0, 0.05) is 70.4 Å². The summed E-state index contributed by atoms with van der Waals surface area (Å²) in [5.41, 5.74) is 1.72. The highest BCUT2D eigenvalue weighted by molar-refractivity contribution is 7.92. The SMILES string of the molecule is CC(C)N1CCN(c2ccc(C(=O)N3CCNCC3)cc2NS(=O)(=O)c2ccc3ccccc3c2)CC1.CCCCCC(=O)C(=O)OC. The zero-order valence-corrected chi connectivity index (χ0v) is 29.4. The number of carbonyl (C=O) groups is 3. The number of ketones is 1. The summed E-state index contributed by atoms with van der Waals surface area (Å²) in [6.45, 7) is 12.6. The highest BCUT2D eigenvalue weighted by atomic mass is 32.2. The van der Waals surface area contributed by atoms with Crippen LogP contribution in [-0.4, -0.2) is 101 Å². The summed E-state index contributed by atoms with van der Waals surface area (Å²) in [5, 5.41) is 5.10. The lowest BCUT2D eigenvalue weighted by molar-refractivity contribution is -0.151. The van der Waals surface area contributed by atoms with Crippen LogP contribution in [0.1, 0.15) is 56.8 Å². The van der Waals surface area contributed by atoms with Crippen LogP contribution < -0.4 is 14.9 Å². The highest BCUT2D eigenvalue weighted by Crippen LogP contribution is 2.32.